The van der Waals surface area contributed by atoms with Gasteiger partial charge in [-0.15, -0.1) is 0 Å². The normalized spacial score (nSPS) is 19.3. The lowest BCUT2D eigenvalue weighted by atomic mass is 10.0. The number of likely N-dealkylation sites (N-methyl/N-ethyl adjacent to an activating group) is 2. The van der Waals surface area contributed by atoms with E-state index in [4.69, 9.17) is 0 Å². The van der Waals surface area contributed by atoms with Crippen LogP contribution < -0.4 is 5.56 Å². The molecule has 1 aromatic carbocycles. The van der Waals surface area contributed by atoms with Gasteiger partial charge in [0.1, 0.15) is 0 Å². The lowest BCUT2D eigenvalue weighted by molar-refractivity contribution is 0.0644. The number of carbonyl (C=O) groups is 1. The van der Waals surface area contributed by atoms with E-state index in [0.717, 1.165) is 25.9 Å². The number of H-pyrrole nitrogens is 1. The molecule has 1 N–H and O–H groups in total. The van der Waals surface area contributed by atoms with Gasteiger partial charge in [0.05, 0.1) is 17.2 Å². The van der Waals surface area contributed by atoms with Crippen molar-refractivity contribution in [3.05, 3.63) is 40.3 Å². The van der Waals surface area contributed by atoms with E-state index in [1.54, 1.807) is 18.2 Å². The number of carbonyl (C=O) groups excluding carboxylic acids is 1. The van der Waals surface area contributed by atoms with Gasteiger partial charge in [-0.3, -0.25) is 9.59 Å². The van der Waals surface area contributed by atoms with Crippen LogP contribution in [-0.2, 0) is 0 Å². The zero-order valence-corrected chi connectivity index (χ0v) is 12.9. The molecule has 2 heterocycles. The van der Waals surface area contributed by atoms with E-state index in [-0.39, 0.29) is 17.5 Å². The first kappa shape index (κ1) is 14.7. The minimum absolute atomic E-state index is 0.00444. The summed E-state index contributed by atoms with van der Waals surface area (Å²) in [4.78, 5) is 34.8. The van der Waals surface area contributed by atoms with E-state index in [0.29, 0.717) is 16.6 Å². The number of hydrogen-bond acceptors (Lipinski definition) is 4. The summed E-state index contributed by atoms with van der Waals surface area (Å²) in [6, 6.07) is 5.45. The van der Waals surface area contributed by atoms with E-state index in [2.05, 4.69) is 21.9 Å². The molecule has 0 radical (unpaired) electrons. The minimum atomic E-state index is -0.242. The summed E-state index contributed by atoms with van der Waals surface area (Å²) in [6.45, 7) is 1.99. The van der Waals surface area contributed by atoms with Crippen molar-refractivity contribution < 1.29 is 4.79 Å². The van der Waals surface area contributed by atoms with Gasteiger partial charge in [0, 0.05) is 25.2 Å². The second-order valence-corrected chi connectivity index (χ2v) is 5.95. The fourth-order valence-electron chi connectivity index (χ4n) is 3.00. The number of piperidine rings is 1. The van der Waals surface area contributed by atoms with E-state index < -0.39 is 0 Å². The number of fused-ring (bicyclic) bond motifs is 1. The van der Waals surface area contributed by atoms with E-state index in [1.165, 1.54) is 6.20 Å². The van der Waals surface area contributed by atoms with Gasteiger partial charge in [-0.1, -0.05) is 0 Å². The summed E-state index contributed by atoms with van der Waals surface area (Å²) in [5.41, 5.74) is 1.63. The maximum atomic E-state index is 12.7. The molecule has 1 aliphatic rings. The monoisotopic (exact) mass is 300 g/mol. The maximum absolute atomic E-state index is 12.7. The topological polar surface area (TPSA) is 69.3 Å². The molecule has 0 saturated carbocycles. The molecule has 2 aromatic rings. The van der Waals surface area contributed by atoms with Crippen LogP contribution in [0.4, 0.5) is 0 Å². The van der Waals surface area contributed by atoms with Crippen molar-refractivity contribution in [3.8, 4) is 0 Å². The highest BCUT2D eigenvalue weighted by Gasteiger charge is 2.25. The van der Waals surface area contributed by atoms with Crippen LogP contribution in [0, 0.1) is 0 Å². The van der Waals surface area contributed by atoms with E-state index in [9.17, 15) is 9.59 Å². The van der Waals surface area contributed by atoms with Crippen LogP contribution in [0.2, 0.25) is 0 Å². The van der Waals surface area contributed by atoms with Crippen LogP contribution in [0.3, 0.4) is 0 Å². The Labute approximate surface area is 128 Å². The van der Waals surface area contributed by atoms with Gasteiger partial charge in [-0.2, -0.15) is 0 Å². The molecule has 0 bridgehead atoms. The molecule has 1 saturated heterocycles. The van der Waals surface area contributed by atoms with Gasteiger partial charge in [-0.25, -0.2) is 4.98 Å². The molecule has 0 aliphatic carbocycles. The number of hydrogen-bond donors (Lipinski definition) is 1. The molecule has 1 atom stereocenters. The van der Waals surface area contributed by atoms with Gasteiger partial charge in [0.2, 0.25) is 0 Å². The molecule has 1 fully saturated rings. The van der Waals surface area contributed by atoms with Gasteiger partial charge >= 0.3 is 0 Å². The van der Waals surface area contributed by atoms with Gasteiger partial charge in [0.25, 0.3) is 11.5 Å². The Morgan fingerprint density at radius 1 is 1.45 bits per heavy atom. The first-order valence-electron chi connectivity index (χ1n) is 7.49. The SMILES string of the molecule is CN1CCC[C@@H](N(C)C(=O)c2ccc3[nH]c(=O)cnc3c2)C1. The number of nitrogens with zero attached hydrogens (tertiary/aromatic N) is 3. The first-order valence-corrected chi connectivity index (χ1v) is 7.49. The van der Waals surface area contributed by atoms with Crippen LogP contribution in [0.25, 0.3) is 11.0 Å². The smallest absolute Gasteiger partial charge is 0.266 e. The first-order chi connectivity index (χ1) is 10.5. The average Bonchev–Trinajstić information content (AvgIpc) is 2.53. The van der Waals surface area contributed by atoms with Crippen molar-refractivity contribution >= 4 is 16.9 Å². The molecule has 1 aromatic heterocycles. The Hall–Kier alpha value is -2.21. The molecule has 0 spiro atoms. The maximum Gasteiger partial charge on any atom is 0.266 e. The number of benzene rings is 1. The van der Waals surface area contributed by atoms with E-state index in [1.807, 2.05) is 11.9 Å². The highest BCUT2D eigenvalue weighted by molar-refractivity contribution is 5.97. The zero-order chi connectivity index (χ0) is 15.7. The summed E-state index contributed by atoms with van der Waals surface area (Å²) in [6.07, 6.45) is 3.38. The lowest BCUT2D eigenvalue weighted by Gasteiger charge is -2.35. The van der Waals surface area contributed by atoms with Crippen molar-refractivity contribution in [1.82, 2.24) is 19.8 Å². The zero-order valence-electron chi connectivity index (χ0n) is 12.9. The highest BCUT2D eigenvalue weighted by Crippen LogP contribution is 2.17. The second kappa shape index (κ2) is 5.88. The van der Waals surface area contributed by atoms with Crippen LogP contribution in [0.1, 0.15) is 23.2 Å². The Morgan fingerprint density at radius 3 is 3.05 bits per heavy atom. The summed E-state index contributed by atoms with van der Waals surface area (Å²) >= 11 is 0. The Bertz CT molecular complexity index is 755. The van der Waals surface area contributed by atoms with Gasteiger partial charge < -0.3 is 14.8 Å². The Kier molecular flexibility index (Phi) is 3.94. The third-order valence-corrected chi connectivity index (χ3v) is 4.29. The Balaban J connectivity index is 1.84. The van der Waals surface area contributed by atoms with Crippen LogP contribution in [-0.4, -0.2) is 58.9 Å². The fourth-order valence-corrected chi connectivity index (χ4v) is 3.00. The number of aromatic amines is 1. The fraction of sp³-hybridized carbons (Fsp3) is 0.438. The van der Waals surface area contributed by atoms with Crippen molar-refractivity contribution in [3.63, 3.8) is 0 Å². The number of likely N-dealkylation sites (tertiary alicyclic amines) is 1. The summed E-state index contributed by atoms with van der Waals surface area (Å²) in [5.74, 6) is -0.00444. The van der Waals surface area contributed by atoms with Gasteiger partial charge in [-0.05, 0) is 44.6 Å². The molecule has 116 valence electrons. The molecule has 1 aliphatic heterocycles. The largest absolute Gasteiger partial charge is 0.337 e. The molecule has 22 heavy (non-hydrogen) atoms. The Morgan fingerprint density at radius 2 is 2.27 bits per heavy atom. The summed E-state index contributed by atoms with van der Waals surface area (Å²) in [5, 5.41) is 0. The van der Waals surface area contributed by atoms with Crippen LogP contribution >= 0.6 is 0 Å². The molecular weight excluding hydrogens is 280 g/mol. The molecule has 1 amide bonds. The molecule has 0 unspecified atom stereocenters. The number of rotatable bonds is 2. The molecule has 6 nitrogen and oxygen atoms in total. The average molecular weight is 300 g/mol. The highest BCUT2D eigenvalue weighted by atomic mass is 16.2. The lowest BCUT2D eigenvalue weighted by Crippen LogP contribution is -2.47. The second-order valence-electron chi connectivity index (χ2n) is 5.95. The summed E-state index contributed by atoms with van der Waals surface area (Å²) in [7, 11) is 3.94. The van der Waals surface area contributed by atoms with Crippen molar-refractivity contribution in [2.45, 2.75) is 18.9 Å². The number of aromatic nitrogens is 2. The number of amides is 1. The van der Waals surface area contributed by atoms with Crippen molar-refractivity contribution in [2.75, 3.05) is 27.2 Å². The minimum Gasteiger partial charge on any atom is -0.337 e. The third kappa shape index (κ3) is 2.87. The van der Waals surface area contributed by atoms with E-state index >= 15 is 0 Å². The molecule has 3 rings (SSSR count). The molecule has 6 heteroatoms. The van der Waals surface area contributed by atoms with Crippen LogP contribution in [0.15, 0.2) is 29.2 Å². The van der Waals surface area contributed by atoms with Crippen molar-refractivity contribution in [1.29, 1.82) is 0 Å². The predicted octanol–water partition coefficient (Wildman–Crippen LogP) is 1.09. The van der Waals surface area contributed by atoms with Crippen molar-refractivity contribution in [2.24, 2.45) is 0 Å². The molecular formula is C16H20N4O2. The predicted molar refractivity (Wildman–Crippen MR) is 85.0 cm³/mol. The standard InChI is InChI=1S/C16H20N4O2/c1-19-7-3-4-12(10-19)20(2)16(22)11-5-6-13-14(8-11)17-9-15(21)18-13/h5-6,8-9,12H,3-4,7,10H2,1-2H3,(H,18,21)/t12-/m1/s1. The number of nitrogens with one attached hydrogen (secondary N) is 1. The van der Waals surface area contributed by atoms with Gasteiger partial charge in [0.15, 0.2) is 0 Å². The quantitative estimate of drug-likeness (QED) is 0.901. The summed E-state index contributed by atoms with van der Waals surface area (Å²) < 4.78 is 0. The third-order valence-electron chi connectivity index (χ3n) is 4.29. The van der Waals surface area contributed by atoms with Crippen LogP contribution in [0.5, 0.6) is 0 Å².